The average Bonchev–Trinajstić information content (AvgIpc) is 3.07. The van der Waals surface area contributed by atoms with Crippen LogP contribution in [-0.4, -0.2) is 57.9 Å². The van der Waals surface area contributed by atoms with Gasteiger partial charge in [-0.25, -0.2) is 4.79 Å². The minimum absolute atomic E-state index is 0.0304. The fourth-order valence-corrected chi connectivity index (χ4v) is 5.44. The molecule has 0 aromatic heterocycles. The number of nitrogens with zero attached hydrogens (tertiary/aromatic N) is 1. The highest BCUT2D eigenvalue weighted by Crippen LogP contribution is 2.48. The Morgan fingerprint density at radius 3 is 2.54 bits per heavy atom. The van der Waals surface area contributed by atoms with E-state index >= 15 is 0 Å². The lowest BCUT2D eigenvalue weighted by Crippen LogP contribution is -2.40. The second kappa shape index (κ2) is 10.9. The second-order valence-corrected chi connectivity index (χ2v) is 9.90. The highest BCUT2D eigenvalue weighted by atomic mass is 35.5. The van der Waals surface area contributed by atoms with Gasteiger partial charge in [0.25, 0.3) is 0 Å². The number of carbonyl (C=O) groups excluding carboxylic acids is 3. The number of imide groups is 3. The number of fused-ring (bicyclic) bond motifs is 1. The number of aromatic hydroxyl groups is 1. The number of benzene rings is 1. The molecule has 1 aromatic carbocycles. The van der Waals surface area contributed by atoms with E-state index in [0.717, 1.165) is 23.8 Å². The Balaban J connectivity index is 1.87. The molecule has 35 heavy (non-hydrogen) atoms. The summed E-state index contributed by atoms with van der Waals surface area (Å²) >= 11 is 6.19. The smallest absolute Gasteiger partial charge is 0.423 e. The molecule has 8 nitrogen and oxygen atoms in total. The topological polar surface area (TPSA) is 124 Å². The number of ether oxygens (including phenoxy) is 1. The normalized spacial score (nSPS) is 23.7. The van der Waals surface area contributed by atoms with Crippen molar-refractivity contribution in [1.29, 1.82) is 0 Å². The van der Waals surface area contributed by atoms with E-state index in [-0.39, 0.29) is 18.1 Å². The van der Waals surface area contributed by atoms with Crippen LogP contribution in [0.5, 0.6) is 5.75 Å². The van der Waals surface area contributed by atoms with Gasteiger partial charge in [-0.2, -0.15) is 4.90 Å². The molecule has 1 aromatic rings. The summed E-state index contributed by atoms with van der Waals surface area (Å²) in [7, 11) is 1.10. The predicted molar refractivity (Wildman–Crippen MR) is 130 cm³/mol. The van der Waals surface area contributed by atoms with Gasteiger partial charge < -0.3 is 20.1 Å². The van der Waals surface area contributed by atoms with Crippen molar-refractivity contribution in [1.82, 2.24) is 4.90 Å². The zero-order chi connectivity index (χ0) is 26.0. The number of rotatable bonds is 7. The van der Waals surface area contributed by atoms with Gasteiger partial charge in [-0.1, -0.05) is 42.7 Å². The number of aliphatic hydroxyl groups excluding tert-OH is 2. The summed E-state index contributed by atoms with van der Waals surface area (Å²) in [6.07, 6.45) is 0.981. The van der Waals surface area contributed by atoms with Crippen LogP contribution < -0.4 is 0 Å². The molecule has 3 amide bonds. The Bertz CT molecular complexity index is 1080. The quantitative estimate of drug-likeness (QED) is 0.379. The first kappa shape index (κ1) is 26.9. The molecule has 1 aliphatic carbocycles. The Labute approximate surface area is 209 Å². The maximum absolute atomic E-state index is 13.0. The zero-order valence-electron chi connectivity index (χ0n) is 20.3. The number of hydrogen-bond donors (Lipinski definition) is 3. The molecule has 0 spiro atoms. The van der Waals surface area contributed by atoms with Crippen LogP contribution in [0.3, 0.4) is 0 Å². The van der Waals surface area contributed by atoms with Crippen LogP contribution >= 0.6 is 11.6 Å². The number of aliphatic hydroxyl groups is 2. The molecule has 3 N–H and O–H groups in total. The fourth-order valence-electron chi connectivity index (χ4n) is 5.21. The molecule has 4 atom stereocenters. The van der Waals surface area contributed by atoms with Crippen molar-refractivity contribution in [3.63, 3.8) is 0 Å². The molecule has 0 bridgehead atoms. The number of amides is 3. The van der Waals surface area contributed by atoms with E-state index in [1.54, 1.807) is 12.1 Å². The summed E-state index contributed by atoms with van der Waals surface area (Å²) in [5.74, 6) is -3.75. The summed E-state index contributed by atoms with van der Waals surface area (Å²) in [5.41, 5.74) is 3.09. The monoisotopic (exact) mass is 505 g/mol. The third-order valence-corrected chi connectivity index (χ3v) is 7.26. The van der Waals surface area contributed by atoms with Crippen molar-refractivity contribution in [3.05, 3.63) is 45.5 Å². The highest BCUT2D eigenvalue weighted by molar-refractivity contribution is 6.32. The van der Waals surface area contributed by atoms with Crippen molar-refractivity contribution in [3.8, 4) is 5.75 Å². The van der Waals surface area contributed by atoms with E-state index in [4.69, 9.17) is 11.6 Å². The third kappa shape index (κ3) is 5.29. The van der Waals surface area contributed by atoms with Gasteiger partial charge >= 0.3 is 6.09 Å². The van der Waals surface area contributed by atoms with Gasteiger partial charge in [-0.05, 0) is 61.4 Å². The van der Waals surface area contributed by atoms with Crippen molar-refractivity contribution in [2.75, 3.05) is 13.7 Å². The molecule has 1 heterocycles. The molecule has 1 aliphatic heterocycles. The van der Waals surface area contributed by atoms with Gasteiger partial charge in [0.1, 0.15) is 5.75 Å². The summed E-state index contributed by atoms with van der Waals surface area (Å²) in [5, 5.41) is 31.5. The maximum Gasteiger partial charge on any atom is 0.423 e. The van der Waals surface area contributed by atoms with E-state index < -0.39 is 48.4 Å². The average molecular weight is 506 g/mol. The van der Waals surface area contributed by atoms with E-state index in [1.807, 2.05) is 26.8 Å². The maximum atomic E-state index is 13.0. The number of phenolic OH excluding ortho intramolecular Hbond substituents is 1. The summed E-state index contributed by atoms with van der Waals surface area (Å²) in [6, 6.07) is 4.70. The van der Waals surface area contributed by atoms with Crippen LogP contribution in [0.15, 0.2) is 34.9 Å². The molecule has 0 radical (unpaired) electrons. The third-order valence-electron chi connectivity index (χ3n) is 6.93. The first-order valence-electron chi connectivity index (χ1n) is 11.6. The SMILES string of the molecule is COC(=O)N1C(=O)[C@@H]2[C@@H](CC(C(C)C)=C([C@H](O)CC/C(C)=C/c3ccc(O)cc3Cl)[C@@H]2CO)C1=O. The van der Waals surface area contributed by atoms with E-state index in [0.29, 0.717) is 28.3 Å². The Morgan fingerprint density at radius 1 is 1.29 bits per heavy atom. The number of hydrogen-bond acceptors (Lipinski definition) is 7. The Morgan fingerprint density at radius 2 is 1.97 bits per heavy atom. The van der Waals surface area contributed by atoms with Crippen LogP contribution in [0, 0.1) is 23.7 Å². The molecule has 0 saturated carbocycles. The minimum atomic E-state index is -1.03. The molecular weight excluding hydrogens is 474 g/mol. The van der Waals surface area contributed by atoms with Gasteiger partial charge in [0.05, 0.1) is 36.7 Å². The zero-order valence-corrected chi connectivity index (χ0v) is 21.1. The van der Waals surface area contributed by atoms with Crippen molar-refractivity contribution in [2.45, 2.75) is 46.1 Å². The number of methoxy groups -OCH3 is 1. The van der Waals surface area contributed by atoms with Crippen LogP contribution in [-0.2, 0) is 14.3 Å². The molecule has 190 valence electrons. The molecule has 3 rings (SSSR count). The van der Waals surface area contributed by atoms with Gasteiger partial charge in [0, 0.05) is 5.92 Å². The van der Waals surface area contributed by atoms with E-state index in [2.05, 4.69) is 4.74 Å². The summed E-state index contributed by atoms with van der Waals surface area (Å²) in [4.78, 5) is 38.5. The summed E-state index contributed by atoms with van der Waals surface area (Å²) < 4.78 is 4.62. The van der Waals surface area contributed by atoms with E-state index in [9.17, 15) is 29.7 Å². The van der Waals surface area contributed by atoms with Crippen molar-refractivity contribution < 1.29 is 34.4 Å². The van der Waals surface area contributed by atoms with Crippen LogP contribution in [0.25, 0.3) is 6.08 Å². The number of carbonyl (C=O) groups is 3. The fraction of sp³-hybridized carbons (Fsp3) is 0.500. The van der Waals surface area contributed by atoms with Crippen LogP contribution in [0.1, 0.15) is 45.6 Å². The van der Waals surface area contributed by atoms with Gasteiger partial charge in [-0.3, -0.25) is 9.59 Å². The second-order valence-electron chi connectivity index (χ2n) is 9.49. The van der Waals surface area contributed by atoms with Crippen molar-refractivity contribution in [2.24, 2.45) is 23.7 Å². The Kier molecular flexibility index (Phi) is 8.41. The standard InChI is InChI=1S/C26H32ClNO7/c1-13(2)17-11-18-23(25(33)28(24(18)32)26(34)35-4)19(12-29)22(17)21(31)8-5-14(3)9-15-6-7-16(30)10-20(15)27/h6-7,9-10,13,18-19,21,23,29-31H,5,8,11-12H2,1-4H3/b14-9+/t18-,19+,21-,23-/m1/s1. The van der Waals surface area contributed by atoms with Gasteiger partial charge in [0.15, 0.2) is 0 Å². The first-order valence-corrected chi connectivity index (χ1v) is 12.0. The number of phenols is 1. The first-order chi connectivity index (χ1) is 16.5. The molecule has 2 aliphatic rings. The molecule has 1 fully saturated rings. The molecule has 0 unspecified atom stereocenters. The molecule has 9 heteroatoms. The largest absolute Gasteiger partial charge is 0.508 e. The van der Waals surface area contributed by atoms with Crippen LogP contribution in [0.4, 0.5) is 4.79 Å². The lowest BCUT2D eigenvalue weighted by molar-refractivity contribution is -0.137. The molecular formula is C26H32ClNO7. The number of halogens is 1. The molecule has 1 saturated heterocycles. The van der Waals surface area contributed by atoms with Gasteiger partial charge in [-0.15, -0.1) is 0 Å². The highest BCUT2D eigenvalue weighted by Gasteiger charge is 2.57. The van der Waals surface area contributed by atoms with E-state index in [1.165, 1.54) is 6.07 Å². The summed E-state index contributed by atoms with van der Waals surface area (Å²) in [6.45, 7) is 5.35. The lowest BCUT2D eigenvalue weighted by atomic mass is 9.66. The van der Waals surface area contributed by atoms with Crippen molar-refractivity contribution >= 4 is 35.6 Å². The number of likely N-dealkylation sites (tertiary alicyclic amines) is 1. The van der Waals surface area contributed by atoms with Crippen LogP contribution in [0.2, 0.25) is 5.02 Å². The Hall–Kier alpha value is -2.68. The minimum Gasteiger partial charge on any atom is -0.508 e. The number of allylic oxidation sites excluding steroid dienone is 2. The predicted octanol–water partition coefficient (Wildman–Crippen LogP) is 3.92. The van der Waals surface area contributed by atoms with Gasteiger partial charge in [0.2, 0.25) is 11.8 Å². The lowest BCUT2D eigenvalue weighted by Gasteiger charge is -2.38.